The molecule has 1 N–H and O–H groups in total. The molecule has 162 valence electrons. The zero-order chi connectivity index (χ0) is 22.6. The Morgan fingerprint density at radius 3 is 2.16 bits per heavy atom. The van der Waals surface area contributed by atoms with E-state index in [-0.39, 0.29) is 12.5 Å². The molecule has 0 fully saturated rings. The zero-order valence-electron chi connectivity index (χ0n) is 18.0. The molecule has 3 aromatic carbocycles. The first kappa shape index (κ1) is 22.4. The van der Waals surface area contributed by atoms with Gasteiger partial charge in [0.2, 0.25) is 10.0 Å². The fourth-order valence-electron chi connectivity index (χ4n) is 3.36. The van der Waals surface area contributed by atoms with E-state index in [0.29, 0.717) is 22.7 Å². The number of para-hydroxylation sites is 2. The lowest BCUT2D eigenvalue weighted by Gasteiger charge is -2.23. The second-order valence-electron chi connectivity index (χ2n) is 7.47. The van der Waals surface area contributed by atoms with Crippen LogP contribution >= 0.6 is 0 Å². The van der Waals surface area contributed by atoms with Gasteiger partial charge in [0.15, 0.2) is 0 Å². The van der Waals surface area contributed by atoms with Crippen molar-refractivity contribution in [2.45, 2.75) is 20.4 Å². The van der Waals surface area contributed by atoms with Crippen LogP contribution in [0.3, 0.4) is 0 Å². The predicted molar refractivity (Wildman–Crippen MR) is 124 cm³/mol. The molecular weight excluding hydrogens is 412 g/mol. The summed E-state index contributed by atoms with van der Waals surface area (Å²) in [6, 6.07) is 19.8. The Balaban J connectivity index is 1.80. The van der Waals surface area contributed by atoms with E-state index in [9.17, 15) is 13.2 Å². The number of hydrogen-bond acceptors (Lipinski definition) is 4. The Hall–Kier alpha value is -3.32. The average Bonchev–Trinajstić information content (AvgIpc) is 2.71. The van der Waals surface area contributed by atoms with Gasteiger partial charge in [-0.2, -0.15) is 0 Å². The summed E-state index contributed by atoms with van der Waals surface area (Å²) in [6.45, 7) is 4.05. The van der Waals surface area contributed by atoms with Crippen LogP contribution in [-0.4, -0.2) is 27.7 Å². The van der Waals surface area contributed by atoms with Gasteiger partial charge in [0.1, 0.15) is 5.75 Å². The molecular formula is C24H26N2O4S. The van der Waals surface area contributed by atoms with Crippen molar-refractivity contribution < 1.29 is 17.9 Å². The first-order chi connectivity index (χ1) is 14.7. The Labute approximate surface area is 183 Å². The number of nitrogens with one attached hydrogen (secondary N) is 1. The molecule has 1 amide bonds. The minimum absolute atomic E-state index is 0.177. The Morgan fingerprint density at radius 1 is 0.968 bits per heavy atom. The maximum absolute atomic E-state index is 12.6. The molecule has 0 unspecified atom stereocenters. The first-order valence-electron chi connectivity index (χ1n) is 9.76. The van der Waals surface area contributed by atoms with Crippen molar-refractivity contribution in [1.82, 2.24) is 0 Å². The monoisotopic (exact) mass is 438 g/mol. The Bertz CT molecular complexity index is 1170. The van der Waals surface area contributed by atoms with Crippen molar-refractivity contribution in [2.75, 3.05) is 23.0 Å². The second-order valence-corrected chi connectivity index (χ2v) is 9.37. The highest BCUT2D eigenvalue weighted by Gasteiger charge is 2.19. The number of aryl methyl sites for hydroxylation is 2. The molecule has 7 heteroatoms. The van der Waals surface area contributed by atoms with E-state index < -0.39 is 10.0 Å². The third-order valence-corrected chi connectivity index (χ3v) is 5.93. The maximum Gasteiger partial charge on any atom is 0.255 e. The quantitative estimate of drug-likeness (QED) is 0.588. The van der Waals surface area contributed by atoms with Crippen LogP contribution in [-0.2, 0) is 16.6 Å². The van der Waals surface area contributed by atoms with Crippen molar-refractivity contribution in [2.24, 2.45) is 0 Å². The molecule has 0 aliphatic carbocycles. The summed E-state index contributed by atoms with van der Waals surface area (Å²) >= 11 is 0. The molecule has 0 heterocycles. The van der Waals surface area contributed by atoms with Gasteiger partial charge in [0.05, 0.1) is 31.3 Å². The van der Waals surface area contributed by atoms with Crippen LogP contribution in [0, 0.1) is 13.8 Å². The fourth-order valence-corrected chi connectivity index (χ4v) is 4.24. The number of ether oxygens (including phenoxy) is 1. The number of nitrogens with zero attached hydrogens (tertiary/aromatic N) is 1. The summed E-state index contributed by atoms with van der Waals surface area (Å²) in [6.07, 6.45) is 1.19. The topological polar surface area (TPSA) is 75.7 Å². The van der Waals surface area contributed by atoms with E-state index in [4.69, 9.17) is 4.74 Å². The summed E-state index contributed by atoms with van der Waals surface area (Å²) in [4.78, 5) is 12.6. The predicted octanol–water partition coefficient (Wildman–Crippen LogP) is 4.53. The van der Waals surface area contributed by atoms with Crippen LogP contribution in [0.15, 0.2) is 66.7 Å². The molecule has 31 heavy (non-hydrogen) atoms. The SMILES string of the molecule is COc1ccccc1NC(=O)c1ccc(CN(c2cc(C)cc(C)c2)S(C)(=O)=O)cc1. The molecule has 3 aromatic rings. The van der Waals surface area contributed by atoms with Gasteiger partial charge >= 0.3 is 0 Å². The molecule has 0 saturated heterocycles. The van der Waals surface area contributed by atoms with E-state index in [2.05, 4.69) is 5.32 Å². The lowest BCUT2D eigenvalue weighted by atomic mass is 10.1. The zero-order valence-corrected chi connectivity index (χ0v) is 18.9. The smallest absolute Gasteiger partial charge is 0.255 e. The minimum atomic E-state index is -3.48. The molecule has 0 aliphatic heterocycles. The number of methoxy groups -OCH3 is 1. The maximum atomic E-state index is 12.6. The van der Waals surface area contributed by atoms with E-state index in [1.165, 1.54) is 10.6 Å². The molecule has 0 atom stereocenters. The molecule has 0 aliphatic rings. The van der Waals surface area contributed by atoms with Crippen LogP contribution in [0.2, 0.25) is 0 Å². The third kappa shape index (κ3) is 5.64. The summed E-state index contributed by atoms with van der Waals surface area (Å²) in [7, 11) is -1.94. The van der Waals surface area contributed by atoms with Crippen LogP contribution in [0.4, 0.5) is 11.4 Å². The number of carbonyl (C=O) groups is 1. The summed E-state index contributed by atoms with van der Waals surface area (Å²) in [5.41, 5.74) is 4.43. The highest BCUT2D eigenvalue weighted by atomic mass is 32.2. The Morgan fingerprint density at radius 2 is 1.58 bits per heavy atom. The van der Waals surface area contributed by atoms with Crippen molar-refractivity contribution in [3.05, 3.63) is 89.0 Å². The molecule has 0 radical (unpaired) electrons. The van der Waals surface area contributed by atoms with Gasteiger partial charge < -0.3 is 10.1 Å². The van der Waals surface area contributed by atoms with Gasteiger partial charge in [-0.05, 0) is 66.9 Å². The van der Waals surface area contributed by atoms with Crippen LogP contribution in [0.1, 0.15) is 27.0 Å². The van der Waals surface area contributed by atoms with Gasteiger partial charge in [0.25, 0.3) is 5.91 Å². The average molecular weight is 439 g/mol. The van der Waals surface area contributed by atoms with Gasteiger partial charge in [-0.15, -0.1) is 0 Å². The van der Waals surface area contributed by atoms with Crippen molar-refractivity contribution in [3.8, 4) is 5.75 Å². The van der Waals surface area contributed by atoms with Crippen molar-refractivity contribution >= 4 is 27.3 Å². The highest BCUT2D eigenvalue weighted by Crippen LogP contribution is 2.25. The molecule has 0 bridgehead atoms. The van der Waals surface area contributed by atoms with E-state index in [1.807, 2.05) is 44.2 Å². The number of amides is 1. The third-order valence-electron chi connectivity index (χ3n) is 4.79. The van der Waals surface area contributed by atoms with Gasteiger partial charge in [-0.3, -0.25) is 9.10 Å². The van der Waals surface area contributed by atoms with Crippen LogP contribution < -0.4 is 14.4 Å². The Kier molecular flexibility index (Phi) is 6.65. The highest BCUT2D eigenvalue weighted by molar-refractivity contribution is 7.92. The second kappa shape index (κ2) is 9.22. The van der Waals surface area contributed by atoms with Crippen molar-refractivity contribution in [1.29, 1.82) is 0 Å². The number of hydrogen-bond donors (Lipinski definition) is 1. The van der Waals surface area contributed by atoms with Crippen molar-refractivity contribution in [3.63, 3.8) is 0 Å². The molecule has 0 saturated carbocycles. The standard InChI is InChI=1S/C24H26N2O4S/c1-17-13-18(2)15-21(14-17)26(31(4,28)29)16-19-9-11-20(12-10-19)24(27)25-22-7-5-6-8-23(22)30-3/h5-15H,16H2,1-4H3,(H,25,27). The summed E-state index contributed by atoms with van der Waals surface area (Å²) < 4.78 is 31.5. The van der Waals surface area contributed by atoms with Crippen LogP contribution in [0.25, 0.3) is 0 Å². The van der Waals surface area contributed by atoms with Crippen LogP contribution in [0.5, 0.6) is 5.75 Å². The van der Waals surface area contributed by atoms with E-state index >= 15 is 0 Å². The lowest BCUT2D eigenvalue weighted by Crippen LogP contribution is -2.29. The van der Waals surface area contributed by atoms with Gasteiger partial charge in [-0.25, -0.2) is 8.42 Å². The van der Waals surface area contributed by atoms with E-state index in [0.717, 1.165) is 16.7 Å². The van der Waals surface area contributed by atoms with Gasteiger partial charge in [-0.1, -0.05) is 30.3 Å². The molecule has 0 spiro atoms. The number of sulfonamides is 1. The number of anilines is 2. The molecule has 0 aromatic heterocycles. The van der Waals surface area contributed by atoms with Gasteiger partial charge in [0, 0.05) is 5.56 Å². The lowest BCUT2D eigenvalue weighted by molar-refractivity contribution is 0.102. The molecule has 3 rings (SSSR count). The summed E-state index contributed by atoms with van der Waals surface area (Å²) in [5.74, 6) is 0.301. The minimum Gasteiger partial charge on any atom is -0.495 e. The summed E-state index contributed by atoms with van der Waals surface area (Å²) in [5, 5.41) is 2.83. The number of carbonyl (C=O) groups excluding carboxylic acids is 1. The molecule has 6 nitrogen and oxygen atoms in total. The fraction of sp³-hybridized carbons (Fsp3) is 0.208. The normalized spacial score (nSPS) is 11.1. The first-order valence-corrected chi connectivity index (χ1v) is 11.6. The number of rotatable bonds is 7. The van der Waals surface area contributed by atoms with E-state index in [1.54, 1.807) is 43.5 Å². The largest absolute Gasteiger partial charge is 0.495 e. The number of benzene rings is 3.